The molecule has 4 nitrogen and oxygen atoms in total. The summed E-state index contributed by atoms with van der Waals surface area (Å²) in [6.07, 6.45) is 7.21. The van der Waals surface area contributed by atoms with Crippen LogP contribution in [-0.2, 0) is 14.3 Å². The number of hydrogen-bond acceptors (Lipinski definition) is 4. The fourth-order valence-electron chi connectivity index (χ4n) is 0.999. The zero-order valence-electron chi connectivity index (χ0n) is 12.4. The molecule has 4 heteroatoms. The van der Waals surface area contributed by atoms with Gasteiger partial charge < -0.3 is 4.74 Å². The van der Waals surface area contributed by atoms with Crippen molar-refractivity contribution in [3.63, 3.8) is 0 Å². The van der Waals surface area contributed by atoms with Crippen LogP contribution in [0.3, 0.4) is 0 Å². The smallest absolute Gasteiger partial charge is 0.338 e. The summed E-state index contributed by atoms with van der Waals surface area (Å²) in [5.74, 6) is -1.18. The van der Waals surface area contributed by atoms with Crippen molar-refractivity contribution < 1.29 is 14.3 Å². The Hall–Kier alpha value is -1.71. The second-order valence-electron chi connectivity index (χ2n) is 5.03. The fourth-order valence-corrected chi connectivity index (χ4v) is 0.999. The summed E-state index contributed by atoms with van der Waals surface area (Å²) < 4.78 is 4.71. The summed E-state index contributed by atoms with van der Waals surface area (Å²) in [4.78, 5) is 27.0. The maximum Gasteiger partial charge on any atom is 0.338 e. The minimum Gasteiger partial charge on any atom is -0.389 e. The van der Waals surface area contributed by atoms with Crippen LogP contribution in [0.5, 0.6) is 0 Å². The maximum atomic E-state index is 11.5. The summed E-state index contributed by atoms with van der Waals surface area (Å²) in [6.45, 7) is 9.74. The third-order valence-corrected chi connectivity index (χ3v) is 2.22. The molecule has 0 unspecified atom stereocenters. The summed E-state index contributed by atoms with van der Waals surface area (Å²) in [5, 5.41) is 0. The van der Waals surface area contributed by atoms with E-state index in [1.807, 2.05) is 19.9 Å². The lowest BCUT2D eigenvalue weighted by Gasteiger charge is -2.14. The van der Waals surface area contributed by atoms with E-state index in [0.717, 1.165) is 18.5 Å². The Morgan fingerprint density at radius 3 is 2.26 bits per heavy atom. The molecule has 106 valence electrons. The molecule has 0 rings (SSSR count). The van der Waals surface area contributed by atoms with Crippen LogP contribution in [0.1, 0.15) is 41.0 Å². The van der Waals surface area contributed by atoms with Gasteiger partial charge in [0, 0.05) is 18.8 Å². The highest BCUT2D eigenvalue weighted by Gasteiger charge is 2.24. The molecule has 0 aromatic heterocycles. The predicted molar refractivity (Wildman–Crippen MR) is 77.1 cm³/mol. The highest BCUT2D eigenvalue weighted by Crippen LogP contribution is 2.15. The monoisotopic (exact) mass is 265 g/mol. The lowest BCUT2D eigenvalue weighted by atomic mass is 9.97. The molecule has 0 saturated carbocycles. The van der Waals surface area contributed by atoms with Crippen molar-refractivity contribution in [3.8, 4) is 0 Å². The van der Waals surface area contributed by atoms with Crippen LogP contribution in [0.15, 0.2) is 28.8 Å². The SMILES string of the molecule is CCN=C/C=C(/C=C/C(=O)OC(=O)C(C)(C)C)CC. The van der Waals surface area contributed by atoms with E-state index in [1.54, 1.807) is 33.1 Å². The molecule has 0 atom stereocenters. The van der Waals surface area contributed by atoms with Crippen LogP contribution in [0.4, 0.5) is 0 Å². The average molecular weight is 265 g/mol. The van der Waals surface area contributed by atoms with Gasteiger partial charge in [0.2, 0.25) is 0 Å². The molecule has 0 aliphatic carbocycles. The van der Waals surface area contributed by atoms with E-state index in [0.29, 0.717) is 0 Å². The van der Waals surface area contributed by atoms with Crippen molar-refractivity contribution >= 4 is 18.2 Å². The molecule has 0 N–H and O–H groups in total. The van der Waals surface area contributed by atoms with Gasteiger partial charge >= 0.3 is 11.9 Å². The number of nitrogens with zero attached hydrogens (tertiary/aromatic N) is 1. The van der Waals surface area contributed by atoms with Crippen LogP contribution in [0.2, 0.25) is 0 Å². The molecule has 0 amide bonds. The van der Waals surface area contributed by atoms with Crippen molar-refractivity contribution in [3.05, 3.63) is 23.8 Å². The molecule has 0 radical (unpaired) electrons. The van der Waals surface area contributed by atoms with E-state index in [2.05, 4.69) is 4.99 Å². The van der Waals surface area contributed by atoms with Gasteiger partial charge in [-0.15, -0.1) is 0 Å². The molecular formula is C15H23NO3. The summed E-state index contributed by atoms with van der Waals surface area (Å²) in [5.41, 5.74) is 0.262. The van der Waals surface area contributed by atoms with Crippen molar-refractivity contribution in [2.75, 3.05) is 6.54 Å². The third-order valence-electron chi connectivity index (χ3n) is 2.22. The molecule has 0 saturated heterocycles. The van der Waals surface area contributed by atoms with Crippen LogP contribution in [0, 0.1) is 5.41 Å². The minimum atomic E-state index is -0.680. The standard InChI is InChI=1S/C15H23NO3/c1-6-12(10-11-16-7-2)8-9-13(17)19-14(18)15(3,4)5/h8-11H,6-7H2,1-5H3/b9-8+,12-10+,16-11?. The Labute approximate surface area is 115 Å². The van der Waals surface area contributed by atoms with Crippen LogP contribution in [0.25, 0.3) is 0 Å². The van der Waals surface area contributed by atoms with Gasteiger partial charge in [-0.1, -0.05) is 13.0 Å². The molecule has 0 aliphatic rings. The zero-order chi connectivity index (χ0) is 14.9. The Morgan fingerprint density at radius 2 is 1.79 bits per heavy atom. The van der Waals surface area contributed by atoms with Crippen molar-refractivity contribution in [2.45, 2.75) is 41.0 Å². The van der Waals surface area contributed by atoms with Crippen LogP contribution in [-0.4, -0.2) is 24.7 Å². The van der Waals surface area contributed by atoms with E-state index in [-0.39, 0.29) is 0 Å². The molecule has 0 heterocycles. The lowest BCUT2D eigenvalue weighted by Crippen LogP contribution is -2.25. The van der Waals surface area contributed by atoms with Gasteiger partial charge in [-0.25, -0.2) is 4.79 Å². The Balaban J connectivity index is 4.54. The zero-order valence-corrected chi connectivity index (χ0v) is 12.4. The summed E-state index contributed by atoms with van der Waals surface area (Å²) in [6, 6.07) is 0. The Kier molecular flexibility index (Phi) is 7.65. The van der Waals surface area contributed by atoms with Gasteiger partial charge in [0.25, 0.3) is 0 Å². The van der Waals surface area contributed by atoms with Crippen molar-refractivity contribution in [1.29, 1.82) is 0 Å². The van der Waals surface area contributed by atoms with E-state index < -0.39 is 17.4 Å². The van der Waals surface area contributed by atoms with E-state index in [4.69, 9.17) is 4.74 Å². The first-order valence-corrected chi connectivity index (χ1v) is 6.44. The fraction of sp³-hybridized carbons (Fsp3) is 0.533. The van der Waals surface area contributed by atoms with Crippen molar-refractivity contribution in [2.24, 2.45) is 10.4 Å². The molecule has 0 fully saturated rings. The van der Waals surface area contributed by atoms with Gasteiger partial charge in [0.05, 0.1) is 5.41 Å². The summed E-state index contributed by atoms with van der Waals surface area (Å²) in [7, 11) is 0. The quantitative estimate of drug-likeness (QED) is 0.252. The second-order valence-corrected chi connectivity index (χ2v) is 5.03. The topological polar surface area (TPSA) is 55.7 Å². The van der Waals surface area contributed by atoms with E-state index in [9.17, 15) is 9.59 Å². The third kappa shape index (κ3) is 8.08. The molecular weight excluding hydrogens is 242 g/mol. The predicted octanol–water partition coefficient (Wildman–Crippen LogP) is 3.09. The molecule has 0 spiro atoms. The largest absolute Gasteiger partial charge is 0.389 e. The normalized spacial score (nSPS) is 13.2. The van der Waals surface area contributed by atoms with Gasteiger partial charge in [0.1, 0.15) is 0 Å². The van der Waals surface area contributed by atoms with E-state index >= 15 is 0 Å². The van der Waals surface area contributed by atoms with Crippen LogP contribution < -0.4 is 0 Å². The van der Waals surface area contributed by atoms with E-state index in [1.165, 1.54) is 6.08 Å². The number of allylic oxidation sites excluding steroid dienone is 3. The summed E-state index contributed by atoms with van der Waals surface area (Å²) >= 11 is 0. The molecule has 19 heavy (non-hydrogen) atoms. The number of carbonyl (C=O) groups excluding carboxylic acids is 2. The highest BCUT2D eigenvalue weighted by atomic mass is 16.6. The van der Waals surface area contributed by atoms with Gasteiger partial charge in [-0.2, -0.15) is 0 Å². The molecule has 0 aromatic carbocycles. The highest BCUT2D eigenvalue weighted by molar-refractivity contribution is 5.94. The Bertz CT molecular complexity index is 398. The second kappa shape index (κ2) is 8.40. The van der Waals surface area contributed by atoms with Gasteiger partial charge in [-0.3, -0.25) is 9.79 Å². The number of ether oxygens (including phenoxy) is 1. The number of esters is 2. The van der Waals surface area contributed by atoms with Gasteiger partial charge in [-0.05, 0) is 45.8 Å². The lowest BCUT2D eigenvalue weighted by molar-refractivity contribution is -0.162. The average Bonchev–Trinajstić information content (AvgIpc) is 2.32. The number of aliphatic imine (C=N–C) groups is 1. The molecule has 0 aliphatic heterocycles. The number of rotatable bonds is 5. The van der Waals surface area contributed by atoms with Gasteiger partial charge in [0.15, 0.2) is 0 Å². The number of hydrogen-bond donors (Lipinski definition) is 0. The number of carbonyl (C=O) groups is 2. The first-order chi connectivity index (χ1) is 8.81. The first kappa shape index (κ1) is 17.3. The van der Waals surface area contributed by atoms with Crippen LogP contribution >= 0.6 is 0 Å². The van der Waals surface area contributed by atoms with Crippen molar-refractivity contribution in [1.82, 2.24) is 0 Å². The molecule has 0 bridgehead atoms. The molecule has 0 aromatic rings. The first-order valence-electron chi connectivity index (χ1n) is 6.44. The minimum absolute atomic E-state index is 0.531. The maximum absolute atomic E-state index is 11.5. The Morgan fingerprint density at radius 1 is 1.16 bits per heavy atom.